The van der Waals surface area contributed by atoms with Gasteiger partial charge in [-0.3, -0.25) is 15.2 Å². The molecule has 0 aliphatic heterocycles. The number of aromatic nitrogens is 2. The van der Waals surface area contributed by atoms with Gasteiger partial charge in [0.05, 0.1) is 28.1 Å². The lowest BCUT2D eigenvalue weighted by molar-refractivity contribution is -0.384. The first kappa shape index (κ1) is 16.9. The van der Waals surface area contributed by atoms with E-state index in [4.69, 9.17) is 16.3 Å². The Morgan fingerprint density at radius 3 is 2.60 bits per heavy atom. The van der Waals surface area contributed by atoms with E-state index in [1.165, 1.54) is 30.5 Å². The van der Waals surface area contributed by atoms with Gasteiger partial charge in [-0.05, 0) is 6.08 Å². The van der Waals surface area contributed by atoms with Crippen molar-refractivity contribution in [1.29, 1.82) is 15.8 Å². The molecule has 0 amide bonds. The number of nitro benzene ring substituents is 1. The largest absolute Gasteiger partial charge is 0.396 e. The van der Waals surface area contributed by atoms with Crippen LogP contribution in [0.1, 0.15) is 5.56 Å². The Morgan fingerprint density at radius 1 is 1.28 bits per heavy atom. The molecule has 2 rings (SSSR count). The molecule has 0 spiro atoms. The molecule has 0 saturated heterocycles. The minimum Gasteiger partial charge on any atom is -0.396 e. The van der Waals surface area contributed by atoms with E-state index in [1.54, 1.807) is 18.2 Å². The topological polar surface area (TPSA) is 169 Å². The maximum absolute atomic E-state index is 10.9. The third-order valence-corrected chi connectivity index (χ3v) is 3.22. The number of hydrogen-bond acceptors (Lipinski definition) is 7. The Balaban J connectivity index is 2.57. The van der Waals surface area contributed by atoms with Crippen LogP contribution in [0.2, 0.25) is 0 Å². The number of nitrogens with one attached hydrogen (secondary N) is 1. The molecule has 9 heteroatoms. The zero-order chi connectivity index (χ0) is 18.4. The number of hydrogen-bond donors (Lipinski definition) is 2. The Hall–Kier alpha value is -4.42. The predicted molar refractivity (Wildman–Crippen MR) is 86.7 cm³/mol. The summed E-state index contributed by atoms with van der Waals surface area (Å²) in [7, 11) is 0. The second kappa shape index (κ2) is 7.23. The fourth-order valence-electron chi connectivity index (χ4n) is 2.02. The maximum Gasteiger partial charge on any atom is 0.270 e. The van der Waals surface area contributed by atoms with Crippen molar-refractivity contribution >= 4 is 11.8 Å². The molecule has 1 heterocycles. The molecule has 2 aromatic rings. The van der Waals surface area contributed by atoms with Gasteiger partial charge in [-0.15, -0.1) is 0 Å². The molecule has 1 aromatic carbocycles. The lowest BCUT2D eigenvalue weighted by Crippen LogP contribution is -2.03. The maximum atomic E-state index is 10.9. The molecule has 0 fully saturated rings. The van der Waals surface area contributed by atoms with Crippen LogP contribution in [0, 0.1) is 44.1 Å². The number of non-ortho nitro benzene ring substituents is 1. The van der Waals surface area contributed by atoms with E-state index in [-0.39, 0.29) is 22.5 Å². The first-order valence-electron chi connectivity index (χ1n) is 6.72. The molecule has 0 radical (unpaired) electrons. The number of H-pyrrole nitrogens is 1. The highest BCUT2D eigenvalue weighted by molar-refractivity contribution is 5.76. The highest BCUT2D eigenvalue weighted by Crippen LogP contribution is 2.27. The number of nitrogens with two attached hydrogens (primary N) is 1. The Kier molecular flexibility index (Phi) is 4.90. The molecule has 0 aliphatic carbocycles. The van der Waals surface area contributed by atoms with Crippen molar-refractivity contribution in [2.75, 3.05) is 0 Å². The van der Waals surface area contributed by atoms with Gasteiger partial charge in [-0.25, -0.2) is 0 Å². The van der Waals surface area contributed by atoms with E-state index in [2.05, 4.69) is 10.2 Å². The van der Waals surface area contributed by atoms with E-state index >= 15 is 0 Å². The molecule has 0 atom stereocenters. The van der Waals surface area contributed by atoms with E-state index in [0.717, 1.165) is 0 Å². The Bertz CT molecular complexity index is 1010. The van der Waals surface area contributed by atoms with Crippen molar-refractivity contribution in [2.24, 2.45) is 5.73 Å². The molecule has 0 aliphatic rings. The minimum absolute atomic E-state index is 0.0915. The molecule has 120 valence electrons. The van der Waals surface area contributed by atoms with Gasteiger partial charge in [0.1, 0.15) is 18.2 Å². The zero-order valence-electron chi connectivity index (χ0n) is 12.6. The van der Waals surface area contributed by atoms with Crippen LogP contribution in [-0.2, 0) is 0 Å². The molecule has 9 nitrogen and oxygen atoms in total. The summed E-state index contributed by atoms with van der Waals surface area (Å²) in [6, 6.07) is 10.9. The quantitative estimate of drug-likeness (QED) is 0.374. The van der Waals surface area contributed by atoms with Crippen molar-refractivity contribution in [3.63, 3.8) is 0 Å². The molecular weight excluding hydrogens is 322 g/mol. The second-order valence-electron chi connectivity index (χ2n) is 4.69. The first-order chi connectivity index (χ1) is 12.0. The summed E-state index contributed by atoms with van der Waals surface area (Å²) in [5.41, 5.74) is 6.21. The summed E-state index contributed by atoms with van der Waals surface area (Å²) < 4.78 is 0. The monoisotopic (exact) mass is 331 g/mol. The number of benzene rings is 1. The van der Waals surface area contributed by atoms with Gasteiger partial charge in [0, 0.05) is 23.3 Å². The van der Waals surface area contributed by atoms with Gasteiger partial charge in [0.2, 0.25) is 0 Å². The number of rotatable bonds is 4. The molecule has 3 N–H and O–H groups in total. The van der Waals surface area contributed by atoms with E-state index in [1.807, 2.05) is 6.07 Å². The lowest BCUT2D eigenvalue weighted by Gasteiger charge is -2.02. The summed E-state index contributed by atoms with van der Waals surface area (Å²) in [6.07, 6.45) is 2.75. The van der Waals surface area contributed by atoms with E-state index in [9.17, 15) is 15.4 Å². The summed E-state index contributed by atoms with van der Waals surface area (Å²) >= 11 is 0. The van der Waals surface area contributed by atoms with Crippen LogP contribution in [0.15, 0.2) is 47.3 Å². The fourth-order valence-corrected chi connectivity index (χ4v) is 2.02. The standard InChI is InChI=1S/C16H9N7O2/c17-6-11(15(20)13(7-18)8-19)4-12-9-21-22-16(12)10-2-1-3-14(5-10)23(24)25/h1-5,9H,20H2,(H,21,22). The van der Waals surface area contributed by atoms with Crippen LogP contribution in [0.3, 0.4) is 0 Å². The summed E-state index contributed by atoms with van der Waals surface area (Å²) in [5, 5.41) is 44.4. The minimum atomic E-state index is -0.525. The van der Waals surface area contributed by atoms with Crippen molar-refractivity contribution in [3.8, 4) is 29.5 Å². The number of nitriles is 3. The predicted octanol–water partition coefficient (Wildman–Crippen LogP) is 2.15. The average Bonchev–Trinajstić information content (AvgIpc) is 3.08. The molecule has 0 saturated carbocycles. The van der Waals surface area contributed by atoms with Crippen LogP contribution in [0.5, 0.6) is 0 Å². The molecule has 25 heavy (non-hydrogen) atoms. The first-order valence-corrected chi connectivity index (χ1v) is 6.72. The van der Waals surface area contributed by atoms with Crippen molar-refractivity contribution in [1.82, 2.24) is 10.2 Å². The summed E-state index contributed by atoms with van der Waals surface area (Å²) in [5.74, 6) is 0. The smallest absolute Gasteiger partial charge is 0.270 e. The third-order valence-electron chi connectivity index (χ3n) is 3.22. The molecule has 1 aromatic heterocycles. The third kappa shape index (κ3) is 3.50. The normalized spacial score (nSPS) is 10.2. The summed E-state index contributed by atoms with van der Waals surface area (Å²) in [4.78, 5) is 10.4. The van der Waals surface area contributed by atoms with Crippen LogP contribution < -0.4 is 5.73 Å². The van der Waals surface area contributed by atoms with E-state index < -0.39 is 4.92 Å². The van der Waals surface area contributed by atoms with Gasteiger partial charge in [0.25, 0.3) is 5.69 Å². The molecule has 0 unspecified atom stereocenters. The van der Waals surface area contributed by atoms with Crippen LogP contribution in [0.4, 0.5) is 5.69 Å². The van der Waals surface area contributed by atoms with Gasteiger partial charge >= 0.3 is 0 Å². The second-order valence-corrected chi connectivity index (χ2v) is 4.69. The zero-order valence-corrected chi connectivity index (χ0v) is 12.6. The van der Waals surface area contributed by atoms with Crippen molar-refractivity contribution < 1.29 is 4.92 Å². The SMILES string of the molecule is N#CC(=Cc1cn[nH]c1-c1cccc([N+](=O)[O-])c1)C(N)=C(C#N)C#N. The van der Waals surface area contributed by atoms with Gasteiger partial charge in [-0.1, -0.05) is 12.1 Å². The fraction of sp³-hybridized carbons (Fsp3) is 0. The average molecular weight is 331 g/mol. The van der Waals surface area contributed by atoms with Crippen LogP contribution in [-0.4, -0.2) is 15.1 Å². The number of nitro groups is 1. The number of nitrogens with zero attached hydrogens (tertiary/aromatic N) is 5. The molecule has 0 bridgehead atoms. The van der Waals surface area contributed by atoms with Crippen LogP contribution in [0.25, 0.3) is 17.3 Å². The van der Waals surface area contributed by atoms with E-state index in [0.29, 0.717) is 16.8 Å². The number of aromatic amines is 1. The Labute approximate surface area is 141 Å². The van der Waals surface area contributed by atoms with Gasteiger partial charge < -0.3 is 5.73 Å². The Morgan fingerprint density at radius 2 is 2.00 bits per heavy atom. The number of allylic oxidation sites excluding steroid dienone is 2. The highest BCUT2D eigenvalue weighted by Gasteiger charge is 2.13. The van der Waals surface area contributed by atoms with Crippen LogP contribution >= 0.6 is 0 Å². The van der Waals surface area contributed by atoms with Gasteiger partial charge in [0.15, 0.2) is 5.57 Å². The summed E-state index contributed by atoms with van der Waals surface area (Å²) in [6.45, 7) is 0. The van der Waals surface area contributed by atoms with Crippen molar-refractivity contribution in [2.45, 2.75) is 0 Å². The van der Waals surface area contributed by atoms with Crippen molar-refractivity contribution in [3.05, 3.63) is 63.0 Å². The molecular formula is C16H9N7O2. The lowest BCUT2D eigenvalue weighted by atomic mass is 10.0. The van der Waals surface area contributed by atoms with Gasteiger partial charge in [-0.2, -0.15) is 20.9 Å². The highest BCUT2D eigenvalue weighted by atomic mass is 16.6.